The van der Waals surface area contributed by atoms with Gasteiger partial charge in [0.15, 0.2) is 5.75 Å². The van der Waals surface area contributed by atoms with Crippen molar-refractivity contribution in [2.24, 2.45) is 0 Å². The molecule has 0 fully saturated rings. The van der Waals surface area contributed by atoms with Gasteiger partial charge in [-0.05, 0) is 35.0 Å². The Hall–Kier alpha value is -2.11. The van der Waals surface area contributed by atoms with Crippen molar-refractivity contribution in [2.75, 3.05) is 0 Å². The second-order valence-corrected chi connectivity index (χ2v) is 6.14. The molecule has 3 aromatic rings. The Morgan fingerprint density at radius 2 is 1.91 bits per heavy atom. The summed E-state index contributed by atoms with van der Waals surface area (Å²) in [7, 11) is 0. The molecule has 23 heavy (non-hydrogen) atoms. The number of rotatable bonds is 2. The number of hydrogen-bond acceptors (Lipinski definition) is 3. The molecule has 1 N–H and O–H groups in total. The molecule has 0 aliphatic heterocycles. The number of aromatic nitrogens is 1. The Labute approximate surface area is 145 Å². The van der Waals surface area contributed by atoms with E-state index in [1.165, 1.54) is 0 Å². The van der Waals surface area contributed by atoms with Crippen molar-refractivity contribution >= 4 is 44.6 Å². The van der Waals surface area contributed by atoms with E-state index >= 15 is 0 Å². The van der Waals surface area contributed by atoms with Gasteiger partial charge in [-0.2, -0.15) is 0 Å². The smallest absolute Gasteiger partial charge is 0.449 e. The summed E-state index contributed by atoms with van der Waals surface area (Å²) in [5, 5.41) is 9.92. The van der Waals surface area contributed by atoms with E-state index in [0.29, 0.717) is 31.7 Å². The van der Waals surface area contributed by atoms with E-state index in [4.69, 9.17) is 21.4 Å². The third-order valence-corrected chi connectivity index (χ3v) is 4.75. The zero-order valence-corrected chi connectivity index (χ0v) is 14.4. The van der Waals surface area contributed by atoms with Crippen LogP contribution in [0, 0.1) is 6.92 Å². The molecule has 3 rings (SSSR count). The van der Waals surface area contributed by atoms with Crippen LogP contribution in [0.4, 0.5) is 4.79 Å². The summed E-state index contributed by atoms with van der Waals surface area (Å²) in [6.45, 7) is 1.77. The van der Waals surface area contributed by atoms with E-state index < -0.39 is 6.16 Å². The van der Waals surface area contributed by atoms with Gasteiger partial charge in [0, 0.05) is 15.6 Å². The van der Waals surface area contributed by atoms with E-state index in [1.807, 2.05) is 30.3 Å². The van der Waals surface area contributed by atoms with Crippen LogP contribution in [0.2, 0.25) is 5.02 Å². The summed E-state index contributed by atoms with van der Waals surface area (Å²) in [6, 6.07) is 13.1. The average Bonchev–Trinajstić information content (AvgIpc) is 2.53. The fraction of sp³-hybridized carbons (Fsp3) is 0.0588. The largest absolute Gasteiger partial charge is 0.511 e. The third kappa shape index (κ3) is 2.90. The quantitative estimate of drug-likeness (QED) is 0.570. The molecule has 0 spiro atoms. The first-order valence-corrected chi connectivity index (χ1v) is 7.90. The van der Waals surface area contributed by atoms with E-state index in [-0.39, 0.29) is 5.75 Å². The SMILES string of the molecule is Cc1c(-c2ccccc2)nc2ccc(Br)c(Cl)c2c1OC(=O)O. The van der Waals surface area contributed by atoms with E-state index in [1.54, 1.807) is 19.1 Å². The summed E-state index contributed by atoms with van der Waals surface area (Å²) in [5.41, 5.74) is 2.72. The van der Waals surface area contributed by atoms with Gasteiger partial charge in [0.25, 0.3) is 0 Å². The van der Waals surface area contributed by atoms with Crippen LogP contribution in [0.3, 0.4) is 0 Å². The molecule has 0 saturated carbocycles. The minimum atomic E-state index is -1.39. The number of hydrogen-bond donors (Lipinski definition) is 1. The molecule has 0 saturated heterocycles. The van der Waals surface area contributed by atoms with E-state index in [0.717, 1.165) is 5.56 Å². The molecule has 4 nitrogen and oxygen atoms in total. The zero-order valence-electron chi connectivity index (χ0n) is 12.0. The normalized spacial score (nSPS) is 10.7. The Morgan fingerprint density at radius 3 is 2.57 bits per heavy atom. The molecular formula is C17H11BrClNO3. The van der Waals surface area contributed by atoms with Crippen molar-refractivity contribution in [1.82, 2.24) is 4.98 Å². The summed E-state index contributed by atoms with van der Waals surface area (Å²) in [5.74, 6) is 0.202. The first kappa shape index (κ1) is 15.8. The molecule has 1 aromatic heterocycles. The molecule has 116 valence electrons. The summed E-state index contributed by atoms with van der Waals surface area (Å²) >= 11 is 9.67. The summed E-state index contributed by atoms with van der Waals surface area (Å²) in [4.78, 5) is 15.7. The molecule has 0 bridgehead atoms. The molecule has 0 amide bonds. The fourth-order valence-electron chi connectivity index (χ4n) is 2.44. The Balaban J connectivity index is 2.39. The maximum atomic E-state index is 11.1. The maximum absolute atomic E-state index is 11.1. The van der Waals surface area contributed by atoms with Crippen molar-refractivity contribution in [3.8, 4) is 17.0 Å². The number of fused-ring (bicyclic) bond motifs is 1. The number of benzene rings is 2. The predicted octanol–water partition coefficient (Wildman–Crippen LogP) is 5.68. The monoisotopic (exact) mass is 391 g/mol. The van der Waals surface area contributed by atoms with Crippen LogP contribution in [0.25, 0.3) is 22.2 Å². The highest BCUT2D eigenvalue weighted by Crippen LogP contribution is 2.41. The molecule has 0 atom stereocenters. The second kappa shape index (κ2) is 6.18. The number of ether oxygens (including phenoxy) is 1. The van der Waals surface area contributed by atoms with Crippen molar-refractivity contribution in [2.45, 2.75) is 6.92 Å². The number of halogens is 2. The fourth-order valence-corrected chi connectivity index (χ4v) is 3.02. The first-order chi connectivity index (χ1) is 11.0. The van der Waals surface area contributed by atoms with Gasteiger partial charge >= 0.3 is 6.16 Å². The van der Waals surface area contributed by atoms with Gasteiger partial charge in [-0.1, -0.05) is 41.9 Å². The predicted molar refractivity (Wildman–Crippen MR) is 93.3 cm³/mol. The van der Waals surface area contributed by atoms with Gasteiger partial charge in [-0.3, -0.25) is 0 Å². The maximum Gasteiger partial charge on any atom is 0.511 e. The van der Waals surface area contributed by atoms with Crippen LogP contribution >= 0.6 is 27.5 Å². The lowest BCUT2D eigenvalue weighted by molar-refractivity contribution is 0.145. The van der Waals surface area contributed by atoms with Crippen molar-refractivity contribution < 1.29 is 14.6 Å². The highest BCUT2D eigenvalue weighted by Gasteiger charge is 2.20. The highest BCUT2D eigenvalue weighted by molar-refractivity contribution is 9.10. The van der Waals surface area contributed by atoms with Gasteiger partial charge in [-0.15, -0.1) is 0 Å². The van der Waals surface area contributed by atoms with Crippen LogP contribution in [0.15, 0.2) is 46.9 Å². The number of pyridine rings is 1. The zero-order chi connectivity index (χ0) is 16.6. The molecule has 0 unspecified atom stereocenters. The number of nitrogens with zero attached hydrogens (tertiary/aromatic N) is 1. The van der Waals surface area contributed by atoms with Gasteiger partial charge in [-0.25, -0.2) is 9.78 Å². The van der Waals surface area contributed by atoms with Gasteiger partial charge in [0.2, 0.25) is 0 Å². The Bertz CT molecular complexity index is 913. The van der Waals surface area contributed by atoms with Crippen LogP contribution < -0.4 is 4.74 Å². The van der Waals surface area contributed by atoms with Gasteiger partial charge in [0.1, 0.15) is 0 Å². The van der Waals surface area contributed by atoms with Gasteiger partial charge < -0.3 is 9.84 Å². The number of carbonyl (C=O) groups is 1. The highest BCUT2D eigenvalue weighted by atomic mass is 79.9. The number of carboxylic acid groups (broad SMARTS) is 1. The molecule has 0 radical (unpaired) electrons. The standard InChI is InChI=1S/C17H11BrClNO3/c1-9-15(10-5-3-2-4-6-10)20-12-8-7-11(18)14(19)13(12)16(9)23-17(21)22/h2-8H,1H3,(H,21,22). The average molecular weight is 393 g/mol. The van der Waals surface area contributed by atoms with Crippen molar-refractivity contribution in [3.63, 3.8) is 0 Å². The lowest BCUT2D eigenvalue weighted by Crippen LogP contribution is -2.07. The molecule has 1 heterocycles. The molecule has 2 aromatic carbocycles. The minimum absolute atomic E-state index is 0.202. The van der Waals surface area contributed by atoms with Crippen LogP contribution in [0.1, 0.15) is 5.56 Å². The minimum Gasteiger partial charge on any atom is -0.449 e. The Kier molecular flexibility index (Phi) is 4.24. The molecular weight excluding hydrogens is 382 g/mol. The van der Waals surface area contributed by atoms with Crippen LogP contribution in [0.5, 0.6) is 5.75 Å². The van der Waals surface area contributed by atoms with Crippen LogP contribution in [-0.4, -0.2) is 16.2 Å². The first-order valence-electron chi connectivity index (χ1n) is 6.73. The molecule has 0 aliphatic carbocycles. The van der Waals surface area contributed by atoms with Gasteiger partial charge in [0.05, 0.1) is 21.6 Å². The molecule has 0 aliphatic rings. The van der Waals surface area contributed by atoms with E-state index in [2.05, 4.69) is 20.9 Å². The lowest BCUT2D eigenvalue weighted by Gasteiger charge is -2.14. The third-order valence-electron chi connectivity index (χ3n) is 3.46. The Morgan fingerprint density at radius 1 is 1.22 bits per heavy atom. The van der Waals surface area contributed by atoms with Crippen molar-refractivity contribution in [3.05, 3.63) is 57.5 Å². The molecule has 6 heteroatoms. The van der Waals surface area contributed by atoms with E-state index in [9.17, 15) is 4.79 Å². The summed E-state index contributed by atoms with van der Waals surface area (Å²) < 4.78 is 5.68. The van der Waals surface area contributed by atoms with Crippen LogP contribution in [-0.2, 0) is 0 Å². The summed E-state index contributed by atoms with van der Waals surface area (Å²) in [6.07, 6.45) is -1.39. The topological polar surface area (TPSA) is 59.4 Å². The second-order valence-electron chi connectivity index (χ2n) is 4.90. The lowest BCUT2D eigenvalue weighted by atomic mass is 10.0. The van der Waals surface area contributed by atoms with Crippen molar-refractivity contribution in [1.29, 1.82) is 0 Å².